The van der Waals surface area contributed by atoms with E-state index < -0.39 is 0 Å². The number of hydrogen-bond donors (Lipinski definition) is 0. The first-order valence-corrected chi connectivity index (χ1v) is 8.76. The lowest BCUT2D eigenvalue weighted by atomic mass is 9.92. The minimum atomic E-state index is 1.06. The average Bonchev–Trinajstić information content (AvgIpc) is 2.72. The summed E-state index contributed by atoms with van der Waals surface area (Å²) in [5.41, 5.74) is 1.06. The molecule has 0 unspecified atom stereocenters. The molecule has 2 heteroatoms. The van der Waals surface area contributed by atoms with Gasteiger partial charge in [0.25, 0.3) is 0 Å². The van der Waals surface area contributed by atoms with Gasteiger partial charge in [-0.05, 0) is 39.1 Å². The Morgan fingerprint density at radius 1 is 0.500 bits per heavy atom. The zero-order valence-electron chi connectivity index (χ0n) is 14.0. The van der Waals surface area contributed by atoms with Gasteiger partial charge in [-0.25, -0.2) is 0 Å². The molecule has 2 nitrogen and oxygen atoms in total. The number of hydrogen-bond acceptors (Lipinski definition) is 2. The normalized spacial score (nSPS) is 11.8. The Bertz CT molecular complexity index is 1360. The first kappa shape index (κ1) is 13.7. The van der Waals surface area contributed by atoms with Crippen molar-refractivity contribution in [3.8, 4) is 0 Å². The van der Waals surface area contributed by atoms with Gasteiger partial charge in [0.1, 0.15) is 0 Å². The predicted molar refractivity (Wildman–Crippen MR) is 110 cm³/mol. The number of benzene rings is 4. The molecule has 0 saturated heterocycles. The van der Waals surface area contributed by atoms with Crippen LogP contribution in [0.15, 0.2) is 85.3 Å². The summed E-state index contributed by atoms with van der Waals surface area (Å²) in [6.45, 7) is 0. The van der Waals surface area contributed by atoms with Gasteiger partial charge in [-0.2, -0.15) is 0 Å². The fourth-order valence-corrected chi connectivity index (χ4v) is 4.16. The lowest BCUT2D eigenvalue weighted by Crippen LogP contribution is -1.87. The molecule has 0 aliphatic heterocycles. The Morgan fingerprint density at radius 2 is 1.15 bits per heavy atom. The smallest absolute Gasteiger partial charge is 0.0786 e. The largest absolute Gasteiger partial charge is 0.264 e. The van der Waals surface area contributed by atoms with Crippen LogP contribution in [0.3, 0.4) is 0 Å². The molecule has 2 heterocycles. The highest BCUT2D eigenvalue weighted by Gasteiger charge is 2.11. The molecule has 0 amide bonds. The molecule has 26 heavy (non-hydrogen) atoms. The monoisotopic (exact) mass is 330 g/mol. The van der Waals surface area contributed by atoms with E-state index in [0.717, 1.165) is 10.9 Å². The Hall–Kier alpha value is -3.52. The van der Waals surface area contributed by atoms with E-state index in [2.05, 4.69) is 65.6 Å². The summed E-state index contributed by atoms with van der Waals surface area (Å²) in [7, 11) is 0. The highest BCUT2D eigenvalue weighted by atomic mass is 14.6. The SMILES string of the molecule is c1cnc2c(c1)ccc1ccc3ccc4ccc5cnccc5c4c3c12. The van der Waals surface area contributed by atoms with Crippen molar-refractivity contribution in [3.63, 3.8) is 0 Å². The maximum absolute atomic E-state index is 4.73. The van der Waals surface area contributed by atoms with Crippen molar-refractivity contribution in [1.82, 2.24) is 9.97 Å². The molecular formula is C24H14N2. The van der Waals surface area contributed by atoms with Gasteiger partial charge in [0.2, 0.25) is 0 Å². The second-order valence-electron chi connectivity index (χ2n) is 6.73. The first-order valence-electron chi connectivity index (χ1n) is 8.76. The highest BCUT2D eigenvalue weighted by Crippen LogP contribution is 2.38. The second-order valence-corrected chi connectivity index (χ2v) is 6.73. The molecule has 0 saturated carbocycles. The molecule has 0 spiro atoms. The van der Waals surface area contributed by atoms with Crippen molar-refractivity contribution >= 4 is 54.0 Å². The van der Waals surface area contributed by atoms with E-state index in [1.165, 1.54) is 43.1 Å². The van der Waals surface area contributed by atoms with Gasteiger partial charge in [0.05, 0.1) is 5.52 Å². The van der Waals surface area contributed by atoms with E-state index in [-0.39, 0.29) is 0 Å². The molecule has 6 aromatic rings. The van der Waals surface area contributed by atoms with Crippen molar-refractivity contribution in [3.05, 3.63) is 85.3 Å². The predicted octanol–water partition coefficient (Wildman–Crippen LogP) is 6.24. The molecule has 120 valence electrons. The Labute approximate surface area is 149 Å². The quantitative estimate of drug-likeness (QED) is 0.308. The van der Waals surface area contributed by atoms with Crippen LogP contribution < -0.4 is 0 Å². The molecule has 0 fully saturated rings. The number of aromatic nitrogens is 2. The van der Waals surface area contributed by atoms with Crippen LogP contribution >= 0.6 is 0 Å². The minimum absolute atomic E-state index is 1.06. The molecule has 4 aromatic carbocycles. The van der Waals surface area contributed by atoms with Gasteiger partial charge in [0, 0.05) is 40.1 Å². The molecule has 2 aromatic heterocycles. The summed E-state index contributed by atoms with van der Waals surface area (Å²) in [6.07, 6.45) is 5.70. The number of rotatable bonds is 0. The summed E-state index contributed by atoms with van der Waals surface area (Å²) < 4.78 is 0. The molecule has 6 rings (SSSR count). The molecule has 0 atom stereocenters. The van der Waals surface area contributed by atoms with E-state index in [1.807, 2.05) is 24.7 Å². The molecule has 0 bridgehead atoms. The highest BCUT2D eigenvalue weighted by molar-refractivity contribution is 6.31. The van der Waals surface area contributed by atoms with Gasteiger partial charge < -0.3 is 0 Å². The Kier molecular flexibility index (Phi) is 2.64. The number of nitrogens with zero attached hydrogens (tertiary/aromatic N) is 2. The second kappa shape index (κ2) is 4.99. The first-order chi connectivity index (χ1) is 12.9. The summed E-state index contributed by atoms with van der Waals surface area (Å²) in [5.74, 6) is 0. The van der Waals surface area contributed by atoms with Crippen LogP contribution in [-0.4, -0.2) is 9.97 Å². The van der Waals surface area contributed by atoms with E-state index in [4.69, 9.17) is 4.98 Å². The molecule has 0 radical (unpaired) electrons. The van der Waals surface area contributed by atoms with E-state index >= 15 is 0 Å². The third-order valence-electron chi connectivity index (χ3n) is 5.33. The summed E-state index contributed by atoms with van der Waals surface area (Å²) in [6, 6.07) is 23.8. The van der Waals surface area contributed by atoms with Crippen LogP contribution in [0.5, 0.6) is 0 Å². The van der Waals surface area contributed by atoms with Crippen LogP contribution in [0.4, 0.5) is 0 Å². The third-order valence-corrected chi connectivity index (χ3v) is 5.33. The van der Waals surface area contributed by atoms with Crippen molar-refractivity contribution in [2.75, 3.05) is 0 Å². The van der Waals surface area contributed by atoms with Gasteiger partial charge in [-0.15, -0.1) is 0 Å². The van der Waals surface area contributed by atoms with E-state index in [0.29, 0.717) is 0 Å². The summed E-state index contributed by atoms with van der Waals surface area (Å²) in [5, 5.41) is 11.1. The topological polar surface area (TPSA) is 25.8 Å². The molecule has 0 aliphatic rings. The average molecular weight is 330 g/mol. The van der Waals surface area contributed by atoms with Crippen molar-refractivity contribution in [1.29, 1.82) is 0 Å². The maximum atomic E-state index is 4.73. The van der Waals surface area contributed by atoms with E-state index in [1.54, 1.807) is 0 Å². The lowest BCUT2D eigenvalue weighted by molar-refractivity contribution is 1.37. The van der Waals surface area contributed by atoms with Crippen molar-refractivity contribution in [2.24, 2.45) is 0 Å². The van der Waals surface area contributed by atoms with Gasteiger partial charge in [-0.3, -0.25) is 9.97 Å². The van der Waals surface area contributed by atoms with Crippen molar-refractivity contribution < 1.29 is 0 Å². The van der Waals surface area contributed by atoms with Crippen LogP contribution in [0.25, 0.3) is 54.0 Å². The zero-order chi connectivity index (χ0) is 17.1. The van der Waals surface area contributed by atoms with Gasteiger partial charge in [-0.1, -0.05) is 54.6 Å². The van der Waals surface area contributed by atoms with Gasteiger partial charge >= 0.3 is 0 Å². The van der Waals surface area contributed by atoms with E-state index in [9.17, 15) is 0 Å². The third kappa shape index (κ3) is 1.76. The van der Waals surface area contributed by atoms with Crippen LogP contribution in [0.2, 0.25) is 0 Å². The summed E-state index contributed by atoms with van der Waals surface area (Å²) >= 11 is 0. The van der Waals surface area contributed by atoms with Crippen molar-refractivity contribution in [2.45, 2.75) is 0 Å². The zero-order valence-corrected chi connectivity index (χ0v) is 14.0. The Balaban J connectivity index is 2.03. The van der Waals surface area contributed by atoms with Crippen LogP contribution in [0, 0.1) is 0 Å². The molecular weight excluding hydrogens is 316 g/mol. The minimum Gasteiger partial charge on any atom is -0.264 e. The Morgan fingerprint density at radius 3 is 1.96 bits per heavy atom. The number of pyridine rings is 2. The van der Waals surface area contributed by atoms with Crippen LogP contribution in [0.1, 0.15) is 0 Å². The lowest BCUT2D eigenvalue weighted by Gasteiger charge is -2.12. The fourth-order valence-electron chi connectivity index (χ4n) is 4.16. The van der Waals surface area contributed by atoms with Crippen LogP contribution in [-0.2, 0) is 0 Å². The maximum Gasteiger partial charge on any atom is 0.0786 e. The summed E-state index contributed by atoms with van der Waals surface area (Å²) in [4.78, 5) is 9.03. The molecule has 0 aliphatic carbocycles. The molecule has 0 N–H and O–H groups in total. The van der Waals surface area contributed by atoms with Gasteiger partial charge in [0.15, 0.2) is 0 Å². The number of fused-ring (bicyclic) bond motifs is 9. The fraction of sp³-hybridized carbons (Fsp3) is 0. The standard InChI is InChI=1S/C24H14N2/c1-2-18-9-7-17-6-5-16-4-3-15-8-10-19-14-25-13-11-20(19)21(15)22(16)23(17)24(18)26-12-1/h1-14H.